The minimum absolute atomic E-state index is 0.117. The Hall–Kier alpha value is -1.82. The van der Waals surface area contributed by atoms with Gasteiger partial charge in [0, 0.05) is 5.56 Å². The lowest BCUT2D eigenvalue weighted by molar-refractivity contribution is -0.166. The summed E-state index contributed by atoms with van der Waals surface area (Å²) >= 11 is 0.864. The second-order valence-electron chi connectivity index (χ2n) is 7.46. The molecule has 0 radical (unpaired) electrons. The predicted molar refractivity (Wildman–Crippen MR) is 105 cm³/mol. The number of rotatable bonds is 7. The molecule has 1 aromatic carbocycles. The Bertz CT molecular complexity index is 643. The minimum Gasteiger partial charge on any atom is -0.460 e. The van der Waals surface area contributed by atoms with Gasteiger partial charge in [0.15, 0.2) is 6.61 Å². The van der Waals surface area contributed by atoms with Crippen molar-refractivity contribution in [2.45, 2.75) is 46.1 Å². The highest BCUT2D eigenvalue weighted by Crippen LogP contribution is 2.35. The zero-order valence-electron chi connectivity index (χ0n) is 16.2. The first kappa shape index (κ1) is 21.5. The van der Waals surface area contributed by atoms with E-state index in [1.807, 2.05) is 6.07 Å². The van der Waals surface area contributed by atoms with Crippen LogP contribution in [0.5, 0.6) is 0 Å². The van der Waals surface area contributed by atoms with Crippen LogP contribution in [0, 0.1) is 17.8 Å². The molecule has 0 aliphatic heterocycles. The van der Waals surface area contributed by atoms with Gasteiger partial charge in [-0.05, 0) is 30.6 Å². The molecular formula is C21H28O5S. The van der Waals surface area contributed by atoms with E-state index < -0.39 is 18.5 Å². The van der Waals surface area contributed by atoms with Crippen molar-refractivity contribution in [3.05, 3.63) is 35.9 Å². The third-order valence-corrected chi connectivity index (χ3v) is 5.80. The van der Waals surface area contributed by atoms with Crippen molar-refractivity contribution in [2.24, 2.45) is 17.8 Å². The van der Waals surface area contributed by atoms with Crippen LogP contribution in [0.4, 0.5) is 0 Å². The van der Waals surface area contributed by atoms with Gasteiger partial charge in [-0.25, -0.2) is 4.79 Å². The topological polar surface area (TPSA) is 69.7 Å². The molecule has 1 aromatic rings. The standard InChI is InChI=1S/C21H28O5S/c1-14(2)17-10-9-15(3)11-18(17)26-19(22)12-25-20(23)13-27-21(24)16-7-5-4-6-8-16/h4-8,14-15,17-18H,9-13H2,1-3H3/t15-,17+,18+/m0/s1. The molecule has 5 nitrogen and oxygen atoms in total. The molecule has 0 spiro atoms. The van der Waals surface area contributed by atoms with Crippen LogP contribution in [0.25, 0.3) is 0 Å². The molecule has 1 aliphatic carbocycles. The van der Waals surface area contributed by atoms with E-state index >= 15 is 0 Å². The van der Waals surface area contributed by atoms with Crippen LogP contribution in [0.15, 0.2) is 30.3 Å². The summed E-state index contributed by atoms with van der Waals surface area (Å²) < 4.78 is 10.6. The number of esters is 2. The fourth-order valence-electron chi connectivity index (χ4n) is 3.42. The molecule has 27 heavy (non-hydrogen) atoms. The van der Waals surface area contributed by atoms with E-state index in [1.54, 1.807) is 24.3 Å². The van der Waals surface area contributed by atoms with Gasteiger partial charge in [-0.3, -0.25) is 9.59 Å². The number of benzene rings is 1. The fraction of sp³-hybridized carbons (Fsp3) is 0.571. The number of hydrogen-bond donors (Lipinski definition) is 0. The molecule has 3 atom stereocenters. The smallest absolute Gasteiger partial charge is 0.344 e. The minimum atomic E-state index is -0.598. The van der Waals surface area contributed by atoms with Crippen molar-refractivity contribution in [2.75, 3.05) is 12.4 Å². The van der Waals surface area contributed by atoms with E-state index in [9.17, 15) is 14.4 Å². The Labute approximate surface area is 165 Å². The van der Waals surface area contributed by atoms with Crippen LogP contribution in [0.3, 0.4) is 0 Å². The van der Waals surface area contributed by atoms with Crippen LogP contribution >= 0.6 is 11.8 Å². The Morgan fingerprint density at radius 2 is 1.81 bits per heavy atom. The Kier molecular flexibility index (Phi) is 8.35. The molecule has 6 heteroatoms. The van der Waals surface area contributed by atoms with E-state index in [2.05, 4.69) is 20.8 Å². The third kappa shape index (κ3) is 7.01. The number of thioether (sulfide) groups is 1. The zero-order valence-corrected chi connectivity index (χ0v) is 17.0. The first-order valence-corrected chi connectivity index (χ1v) is 10.4. The van der Waals surface area contributed by atoms with Crippen molar-refractivity contribution < 1.29 is 23.9 Å². The quantitative estimate of drug-likeness (QED) is 0.651. The van der Waals surface area contributed by atoms with Crippen LogP contribution in [-0.2, 0) is 19.1 Å². The van der Waals surface area contributed by atoms with E-state index in [0.717, 1.165) is 31.0 Å². The summed E-state index contributed by atoms with van der Waals surface area (Å²) in [6.07, 6.45) is 2.94. The average Bonchev–Trinajstić information content (AvgIpc) is 2.65. The lowest BCUT2D eigenvalue weighted by Gasteiger charge is -2.36. The van der Waals surface area contributed by atoms with Gasteiger partial charge in [0.25, 0.3) is 0 Å². The van der Waals surface area contributed by atoms with E-state index in [0.29, 0.717) is 23.3 Å². The van der Waals surface area contributed by atoms with Crippen LogP contribution in [0.2, 0.25) is 0 Å². The van der Waals surface area contributed by atoms with Crippen molar-refractivity contribution in [1.29, 1.82) is 0 Å². The monoisotopic (exact) mass is 392 g/mol. The van der Waals surface area contributed by atoms with Crippen LogP contribution in [0.1, 0.15) is 50.4 Å². The maximum atomic E-state index is 12.1. The van der Waals surface area contributed by atoms with E-state index in [-0.39, 0.29) is 17.0 Å². The number of carbonyl (C=O) groups excluding carboxylic acids is 3. The van der Waals surface area contributed by atoms with Gasteiger partial charge in [-0.1, -0.05) is 69.3 Å². The molecule has 148 valence electrons. The summed E-state index contributed by atoms with van der Waals surface area (Å²) in [5.41, 5.74) is 0.529. The third-order valence-electron chi connectivity index (χ3n) is 4.93. The SMILES string of the molecule is CC(C)[C@H]1CC[C@H](C)C[C@H]1OC(=O)COC(=O)CSC(=O)c1ccccc1. The van der Waals surface area contributed by atoms with Gasteiger partial charge < -0.3 is 9.47 Å². The van der Waals surface area contributed by atoms with Gasteiger partial charge in [0.1, 0.15) is 6.10 Å². The first-order chi connectivity index (χ1) is 12.9. The summed E-state index contributed by atoms with van der Waals surface area (Å²) in [7, 11) is 0. The highest BCUT2D eigenvalue weighted by atomic mass is 32.2. The highest BCUT2D eigenvalue weighted by Gasteiger charge is 2.33. The summed E-state index contributed by atoms with van der Waals surface area (Å²) in [6, 6.07) is 8.72. The molecule has 1 saturated carbocycles. The number of hydrogen-bond acceptors (Lipinski definition) is 6. The van der Waals surface area contributed by atoms with Crippen molar-refractivity contribution in [1.82, 2.24) is 0 Å². The molecule has 2 rings (SSSR count). The van der Waals surface area contributed by atoms with E-state index in [4.69, 9.17) is 9.47 Å². The first-order valence-electron chi connectivity index (χ1n) is 9.44. The molecule has 1 fully saturated rings. The molecule has 0 aromatic heterocycles. The molecule has 0 heterocycles. The molecule has 0 unspecified atom stereocenters. The maximum Gasteiger partial charge on any atom is 0.344 e. The van der Waals surface area contributed by atoms with Gasteiger partial charge in [0.2, 0.25) is 5.12 Å². The van der Waals surface area contributed by atoms with Crippen molar-refractivity contribution >= 4 is 28.8 Å². The number of ether oxygens (including phenoxy) is 2. The predicted octanol–water partition coefficient (Wildman–Crippen LogP) is 4.11. The summed E-state index contributed by atoms with van der Waals surface area (Å²) in [4.78, 5) is 35.8. The summed E-state index contributed by atoms with van der Waals surface area (Å²) in [6.45, 7) is 6.04. The van der Waals surface area contributed by atoms with Crippen molar-refractivity contribution in [3.63, 3.8) is 0 Å². The molecular weight excluding hydrogens is 364 g/mol. The van der Waals surface area contributed by atoms with E-state index in [1.165, 1.54) is 0 Å². The second kappa shape index (κ2) is 10.5. The Morgan fingerprint density at radius 3 is 2.48 bits per heavy atom. The Morgan fingerprint density at radius 1 is 1.11 bits per heavy atom. The van der Waals surface area contributed by atoms with Crippen molar-refractivity contribution in [3.8, 4) is 0 Å². The fourth-order valence-corrected chi connectivity index (χ4v) is 4.05. The summed E-state index contributed by atoms with van der Waals surface area (Å²) in [5.74, 6) is 0.0702. The lowest BCUT2D eigenvalue weighted by Crippen LogP contribution is -2.36. The summed E-state index contributed by atoms with van der Waals surface area (Å²) in [5, 5.41) is -0.203. The normalized spacial score (nSPS) is 22.3. The molecule has 0 saturated heterocycles. The van der Waals surface area contributed by atoms with Gasteiger partial charge in [-0.2, -0.15) is 0 Å². The molecule has 0 N–H and O–H groups in total. The van der Waals surface area contributed by atoms with Crippen LogP contribution in [-0.4, -0.2) is 35.5 Å². The van der Waals surface area contributed by atoms with Gasteiger partial charge in [0.05, 0.1) is 5.75 Å². The van der Waals surface area contributed by atoms with Gasteiger partial charge in [-0.15, -0.1) is 0 Å². The molecule has 1 aliphatic rings. The molecule has 0 bridgehead atoms. The van der Waals surface area contributed by atoms with Crippen LogP contribution < -0.4 is 0 Å². The highest BCUT2D eigenvalue weighted by molar-refractivity contribution is 8.14. The average molecular weight is 393 g/mol. The molecule has 0 amide bonds. The zero-order chi connectivity index (χ0) is 19.8. The van der Waals surface area contributed by atoms with Gasteiger partial charge >= 0.3 is 11.9 Å². The largest absolute Gasteiger partial charge is 0.460 e. The Balaban J connectivity index is 1.72. The lowest BCUT2D eigenvalue weighted by atomic mass is 9.75. The maximum absolute atomic E-state index is 12.1. The second-order valence-corrected chi connectivity index (χ2v) is 8.41. The number of carbonyl (C=O) groups is 3.